The molecule has 4 rings (SSSR count). The minimum absolute atomic E-state index is 0.0179. The zero-order chi connectivity index (χ0) is 27.3. The lowest BCUT2D eigenvalue weighted by Gasteiger charge is -2.40. The Morgan fingerprint density at radius 1 is 1.27 bits per heavy atom. The van der Waals surface area contributed by atoms with Gasteiger partial charge in [0.2, 0.25) is 0 Å². The molecule has 0 unspecified atom stereocenters. The predicted octanol–water partition coefficient (Wildman–Crippen LogP) is 3.10. The van der Waals surface area contributed by atoms with E-state index in [1.165, 1.54) is 21.0 Å². The van der Waals surface area contributed by atoms with Crippen LogP contribution in [0.5, 0.6) is 0 Å². The Balaban J connectivity index is 1.70. The van der Waals surface area contributed by atoms with Gasteiger partial charge < -0.3 is 20.4 Å². The molecule has 1 fully saturated rings. The summed E-state index contributed by atoms with van der Waals surface area (Å²) >= 11 is 0. The molecule has 198 valence electrons. The largest absolute Gasteiger partial charge is 0.390 e. The Hall–Kier alpha value is -3.56. The van der Waals surface area contributed by atoms with E-state index in [4.69, 9.17) is 0 Å². The van der Waals surface area contributed by atoms with Crippen LogP contribution in [0.2, 0.25) is 0 Å². The Morgan fingerprint density at radius 2 is 1.97 bits per heavy atom. The number of piperidine rings is 1. The van der Waals surface area contributed by atoms with Gasteiger partial charge in [0.25, 0.3) is 5.92 Å². The maximum atomic E-state index is 14.9. The predicted molar refractivity (Wildman–Crippen MR) is 133 cm³/mol. The lowest BCUT2D eigenvalue weighted by molar-refractivity contribution is -0.149. The van der Waals surface area contributed by atoms with Gasteiger partial charge in [-0.1, -0.05) is 6.92 Å². The summed E-state index contributed by atoms with van der Waals surface area (Å²) < 4.78 is 46.2. The third-order valence-electron chi connectivity index (χ3n) is 6.72. The van der Waals surface area contributed by atoms with E-state index in [0.29, 0.717) is 23.1 Å². The van der Waals surface area contributed by atoms with Crippen LogP contribution in [0, 0.1) is 23.1 Å². The van der Waals surface area contributed by atoms with E-state index in [1.807, 2.05) is 6.07 Å². The number of hydrogen-bond acceptors (Lipinski definition) is 7. The number of alkyl halides is 2. The molecule has 0 bridgehead atoms. The molecule has 37 heavy (non-hydrogen) atoms. The van der Waals surface area contributed by atoms with Crippen LogP contribution in [-0.4, -0.2) is 55.0 Å². The topological polar surface area (TPSA) is 119 Å². The monoisotopic (exact) mass is 518 g/mol. The van der Waals surface area contributed by atoms with Crippen LogP contribution in [0.3, 0.4) is 0 Å². The van der Waals surface area contributed by atoms with Crippen LogP contribution in [-0.2, 0) is 13.6 Å². The van der Waals surface area contributed by atoms with Crippen molar-refractivity contribution in [3.8, 4) is 6.07 Å². The number of fused-ring (bicyclic) bond motifs is 1. The molecule has 2 aromatic heterocycles. The quantitative estimate of drug-likeness (QED) is 0.459. The minimum atomic E-state index is -3.30. The summed E-state index contributed by atoms with van der Waals surface area (Å²) in [6.07, 6.45) is -1.63. The minimum Gasteiger partial charge on any atom is -0.390 e. The lowest BCUT2D eigenvalue weighted by atomic mass is 9.93. The van der Waals surface area contributed by atoms with Gasteiger partial charge in [-0.3, -0.25) is 9.13 Å². The number of aromatic nitrogens is 3. The SMILES string of the molecule is C[C@@H]1CN(c2nc(Nc3ccc4c(c3)n(CCC(C)(C)O)c(=O)n4C)c(F)cc2C#N)C[C@H](O)C1(F)F. The zero-order valence-corrected chi connectivity index (χ0v) is 21.0. The number of aryl methyl sites for hydroxylation is 2. The summed E-state index contributed by atoms with van der Waals surface area (Å²) in [5.41, 5.74) is 0.203. The van der Waals surface area contributed by atoms with Crippen molar-refractivity contribution in [3.05, 3.63) is 46.1 Å². The van der Waals surface area contributed by atoms with Crippen LogP contribution in [0.25, 0.3) is 11.0 Å². The molecule has 0 saturated carbocycles. The summed E-state index contributed by atoms with van der Waals surface area (Å²) in [6.45, 7) is 4.20. The number of hydrogen-bond donors (Lipinski definition) is 3. The fourth-order valence-corrected chi connectivity index (χ4v) is 4.48. The first-order valence-corrected chi connectivity index (χ1v) is 11.8. The van der Waals surface area contributed by atoms with Gasteiger partial charge in [-0.15, -0.1) is 0 Å². The van der Waals surface area contributed by atoms with Gasteiger partial charge in [-0.2, -0.15) is 5.26 Å². The van der Waals surface area contributed by atoms with Crippen molar-refractivity contribution in [1.82, 2.24) is 14.1 Å². The van der Waals surface area contributed by atoms with Gasteiger partial charge in [-0.05, 0) is 44.5 Å². The number of imidazole rings is 1. The molecule has 2 atom stereocenters. The molecule has 3 N–H and O–H groups in total. The van der Waals surface area contributed by atoms with E-state index in [-0.39, 0.29) is 36.0 Å². The standard InChI is InChI=1S/C25H29F3N6O3/c1-14-12-33(13-20(35)25(14,27)28)22-15(11-29)9-17(26)21(31-22)30-16-5-6-18-19(10-16)34(23(36)32(18)4)8-7-24(2,3)37/h5-6,9-10,14,20,35,37H,7-8,12-13H2,1-4H3,(H,30,31)/t14-,20+/m1/s1. The van der Waals surface area contributed by atoms with Gasteiger partial charge in [0.1, 0.15) is 18.0 Å². The summed E-state index contributed by atoms with van der Waals surface area (Å²) in [5.74, 6) is -5.60. The molecule has 3 heterocycles. The second kappa shape index (κ2) is 9.39. The number of aliphatic hydroxyl groups excluding tert-OH is 1. The first-order chi connectivity index (χ1) is 17.2. The molecule has 0 aliphatic carbocycles. The van der Waals surface area contributed by atoms with Crippen molar-refractivity contribution in [2.75, 3.05) is 23.3 Å². The third kappa shape index (κ3) is 5.01. The summed E-state index contributed by atoms with van der Waals surface area (Å²) in [4.78, 5) is 18.3. The van der Waals surface area contributed by atoms with Crippen molar-refractivity contribution in [2.24, 2.45) is 13.0 Å². The highest BCUT2D eigenvalue weighted by Gasteiger charge is 2.49. The number of aliphatic hydroxyl groups is 2. The number of nitrogens with zero attached hydrogens (tertiary/aromatic N) is 5. The number of anilines is 3. The summed E-state index contributed by atoms with van der Waals surface area (Å²) in [7, 11) is 1.63. The maximum Gasteiger partial charge on any atom is 0.328 e. The summed E-state index contributed by atoms with van der Waals surface area (Å²) in [6, 6.07) is 7.77. The molecule has 9 nitrogen and oxygen atoms in total. The van der Waals surface area contributed by atoms with E-state index in [2.05, 4.69) is 10.3 Å². The Bertz CT molecular complexity index is 1420. The van der Waals surface area contributed by atoms with E-state index in [1.54, 1.807) is 39.1 Å². The molecule has 0 spiro atoms. The average Bonchev–Trinajstić information content (AvgIpc) is 3.05. The van der Waals surface area contributed by atoms with Crippen molar-refractivity contribution in [2.45, 2.75) is 51.4 Å². The molecular formula is C25H29F3N6O3. The molecule has 3 aromatic rings. The van der Waals surface area contributed by atoms with Crippen LogP contribution >= 0.6 is 0 Å². The fourth-order valence-electron chi connectivity index (χ4n) is 4.48. The number of rotatable bonds is 6. The van der Waals surface area contributed by atoms with Crippen molar-refractivity contribution in [1.29, 1.82) is 5.26 Å². The van der Waals surface area contributed by atoms with E-state index >= 15 is 0 Å². The van der Waals surface area contributed by atoms with Gasteiger partial charge in [0.05, 0.1) is 28.7 Å². The highest BCUT2D eigenvalue weighted by atomic mass is 19.3. The lowest BCUT2D eigenvalue weighted by Crippen LogP contribution is -2.56. The molecular weight excluding hydrogens is 489 g/mol. The van der Waals surface area contributed by atoms with Gasteiger partial charge in [-0.25, -0.2) is 22.9 Å². The number of β-amino-alcohol motifs (C(OH)–C–C–N with tert-alkyl or cyclic N) is 1. The second-order valence-corrected chi connectivity index (χ2v) is 10.2. The van der Waals surface area contributed by atoms with Crippen molar-refractivity contribution >= 4 is 28.4 Å². The molecule has 1 saturated heterocycles. The summed E-state index contributed by atoms with van der Waals surface area (Å²) in [5, 5.41) is 32.4. The second-order valence-electron chi connectivity index (χ2n) is 10.2. The Morgan fingerprint density at radius 3 is 2.59 bits per heavy atom. The third-order valence-corrected chi connectivity index (χ3v) is 6.72. The van der Waals surface area contributed by atoms with Crippen LogP contribution in [0.4, 0.5) is 30.5 Å². The Labute approximate surface area is 211 Å². The molecule has 12 heteroatoms. The molecule has 1 aliphatic rings. The number of nitriles is 1. The maximum absolute atomic E-state index is 14.9. The van der Waals surface area contributed by atoms with Gasteiger partial charge in [0.15, 0.2) is 11.6 Å². The van der Waals surface area contributed by atoms with Crippen LogP contribution in [0.15, 0.2) is 29.1 Å². The molecule has 1 aliphatic heterocycles. The normalized spacial score (nSPS) is 19.7. The average molecular weight is 519 g/mol. The van der Waals surface area contributed by atoms with Crippen molar-refractivity contribution < 1.29 is 23.4 Å². The number of benzene rings is 1. The fraction of sp³-hybridized carbons (Fsp3) is 0.480. The molecule has 0 amide bonds. The van der Waals surface area contributed by atoms with E-state index < -0.39 is 35.9 Å². The van der Waals surface area contributed by atoms with Gasteiger partial charge >= 0.3 is 5.69 Å². The smallest absolute Gasteiger partial charge is 0.328 e. The highest BCUT2D eigenvalue weighted by Crippen LogP contribution is 2.36. The zero-order valence-electron chi connectivity index (χ0n) is 21.0. The van der Waals surface area contributed by atoms with Gasteiger partial charge in [0, 0.05) is 31.7 Å². The van der Waals surface area contributed by atoms with E-state index in [0.717, 1.165) is 6.07 Å². The molecule has 1 aromatic carbocycles. The van der Waals surface area contributed by atoms with E-state index in [9.17, 15) is 33.4 Å². The number of halogens is 3. The van der Waals surface area contributed by atoms with Crippen LogP contribution in [0.1, 0.15) is 32.8 Å². The highest BCUT2D eigenvalue weighted by molar-refractivity contribution is 5.81. The first-order valence-electron chi connectivity index (χ1n) is 11.8. The number of nitrogens with one attached hydrogen (secondary N) is 1. The van der Waals surface area contributed by atoms with Crippen LogP contribution < -0.4 is 15.9 Å². The Kier molecular flexibility index (Phi) is 6.73. The number of pyridine rings is 1. The van der Waals surface area contributed by atoms with Crippen molar-refractivity contribution in [3.63, 3.8) is 0 Å². The molecule has 0 radical (unpaired) electrons. The first kappa shape index (κ1) is 26.5.